The number of amides is 3. The Balaban J connectivity index is 2.86. The number of hydrazine groups is 1. The molecule has 0 saturated carbocycles. The van der Waals surface area contributed by atoms with Gasteiger partial charge < -0.3 is 21.2 Å². The van der Waals surface area contributed by atoms with Gasteiger partial charge >= 0.3 is 11.9 Å². The topological polar surface area (TPSA) is 148 Å². The molecular formula is C11H11ClN5O4-. The van der Waals surface area contributed by atoms with Crippen LogP contribution >= 0.6 is 11.6 Å². The lowest BCUT2D eigenvalue weighted by Gasteiger charge is -2.47. The minimum Gasteiger partial charge on any atom is -0.754 e. The van der Waals surface area contributed by atoms with Crippen molar-refractivity contribution in [2.24, 2.45) is 11.6 Å². The van der Waals surface area contributed by atoms with Crippen LogP contribution in [0.5, 0.6) is 0 Å². The van der Waals surface area contributed by atoms with Gasteiger partial charge in [-0.25, -0.2) is 20.7 Å². The molecule has 0 saturated heterocycles. The Hall–Kier alpha value is -2.17. The number of hydrogen-bond donors (Lipinski definition) is 3. The molecule has 1 aliphatic rings. The summed E-state index contributed by atoms with van der Waals surface area (Å²) in [7, 11) is 0. The van der Waals surface area contributed by atoms with Crippen molar-refractivity contribution < 1.29 is 9.59 Å². The second-order valence-electron chi connectivity index (χ2n) is 4.28. The maximum atomic E-state index is 13.0. The summed E-state index contributed by atoms with van der Waals surface area (Å²) in [4.78, 5) is 23.5. The summed E-state index contributed by atoms with van der Waals surface area (Å²) >= 11 is 5.79. The van der Waals surface area contributed by atoms with Gasteiger partial charge in [0.2, 0.25) is 5.70 Å². The quantitative estimate of drug-likeness (QED) is 0.229. The zero-order valence-electron chi connectivity index (χ0n) is 10.8. The van der Waals surface area contributed by atoms with E-state index in [9.17, 15) is 20.0 Å². The molecule has 0 aliphatic carbocycles. The van der Waals surface area contributed by atoms with Crippen LogP contribution in [0.2, 0.25) is 5.02 Å². The maximum Gasteiger partial charge on any atom is 0.441 e. The van der Waals surface area contributed by atoms with Crippen molar-refractivity contribution in [2.75, 3.05) is 5.06 Å². The molecule has 0 radical (unpaired) electrons. The molecule has 2 rings (SSSR count). The smallest absolute Gasteiger partial charge is 0.441 e. The molecule has 1 aromatic rings. The van der Waals surface area contributed by atoms with E-state index >= 15 is 0 Å². The molecule has 0 spiro atoms. The standard InChI is InChI=1S/C11H11ClN5O4/c1-5-9(10(13)18)17(21,11(19)15-14)8-3-2-6(12)4-7(8)16(5)20/h2-4H,14H2,1H3,(H2,13,18)(H,15,19)/q-1. The molecule has 1 heterocycles. The predicted molar refractivity (Wildman–Crippen MR) is 77.1 cm³/mol. The van der Waals surface area contributed by atoms with Gasteiger partial charge in [-0.1, -0.05) is 11.6 Å². The summed E-state index contributed by atoms with van der Waals surface area (Å²) < 4.78 is -1.91. The van der Waals surface area contributed by atoms with Crippen molar-refractivity contribution in [1.29, 1.82) is 0 Å². The number of carbonyl (C=O) groups is 2. The van der Waals surface area contributed by atoms with Crippen molar-refractivity contribution in [2.45, 2.75) is 6.92 Å². The first-order valence-corrected chi connectivity index (χ1v) is 6.02. The van der Waals surface area contributed by atoms with Gasteiger partial charge in [-0.15, -0.1) is 0 Å². The predicted octanol–water partition coefficient (Wildman–Crippen LogP) is 0.763. The van der Waals surface area contributed by atoms with Gasteiger partial charge in [0.05, 0.1) is 11.4 Å². The Kier molecular flexibility index (Phi) is 3.61. The number of rotatable bonds is 1. The van der Waals surface area contributed by atoms with Crippen LogP contribution in [0.25, 0.3) is 0 Å². The number of hydroxylamine groups is 3. The number of nitrogens with two attached hydrogens (primary N) is 2. The van der Waals surface area contributed by atoms with Gasteiger partial charge in [-0.05, 0) is 19.1 Å². The molecule has 1 atom stereocenters. The molecule has 21 heavy (non-hydrogen) atoms. The van der Waals surface area contributed by atoms with E-state index in [2.05, 4.69) is 0 Å². The third kappa shape index (κ3) is 2.04. The number of nitrogens with zero attached hydrogens (tertiary/aromatic N) is 2. The average molecular weight is 313 g/mol. The summed E-state index contributed by atoms with van der Waals surface area (Å²) in [6, 6.07) is 2.42. The van der Waals surface area contributed by atoms with Crippen molar-refractivity contribution in [1.82, 2.24) is 10.1 Å². The van der Waals surface area contributed by atoms with Crippen molar-refractivity contribution in [3.63, 3.8) is 0 Å². The highest BCUT2D eigenvalue weighted by Crippen LogP contribution is 2.45. The number of allylic oxidation sites excluding steroid dienone is 1. The molecule has 10 heteroatoms. The van der Waals surface area contributed by atoms with Crippen LogP contribution in [-0.2, 0) is 4.79 Å². The van der Waals surface area contributed by atoms with Crippen molar-refractivity contribution in [3.8, 4) is 0 Å². The van der Waals surface area contributed by atoms with Gasteiger partial charge in [0.1, 0.15) is 0 Å². The highest BCUT2D eigenvalue weighted by atomic mass is 35.5. The van der Waals surface area contributed by atoms with Crippen molar-refractivity contribution >= 4 is 34.9 Å². The summed E-state index contributed by atoms with van der Waals surface area (Å²) in [6.45, 7) is 1.20. The van der Waals surface area contributed by atoms with E-state index in [1.54, 1.807) is 5.43 Å². The van der Waals surface area contributed by atoms with Crippen LogP contribution in [-0.4, -0.2) is 11.9 Å². The molecule has 9 nitrogen and oxygen atoms in total. The van der Waals surface area contributed by atoms with E-state index in [0.717, 1.165) is 0 Å². The Morgan fingerprint density at radius 3 is 2.57 bits per heavy atom. The van der Waals surface area contributed by atoms with Crippen LogP contribution in [0.4, 0.5) is 16.2 Å². The summed E-state index contributed by atoms with van der Waals surface area (Å²) in [6.07, 6.45) is 0. The number of fused-ring (bicyclic) bond motifs is 1. The van der Waals surface area contributed by atoms with E-state index in [1.807, 2.05) is 0 Å². The van der Waals surface area contributed by atoms with Gasteiger partial charge in [-0.2, -0.15) is 0 Å². The lowest BCUT2D eigenvalue weighted by molar-refractivity contribution is -0.115. The first kappa shape index (κ1) is 15.2. The van der Waals surface area contributed by atoms with Gasteiger partial charge in [0, 0.05) is 11.1 Å². The number of halogens is 1. The zero-order chi connectivity index (χ0) is 15.9. The zero-order valence-corrected chi connectivity index (χ0v) is 11.5. The van der Waals surface area contributed by atoms with Crippen LogP contribution in [0.3, 0.4) is 0 Å². The first-order valence-electron chi connectivity index (χ1n) is 5.65. The second-order valence-corrected chi connectivity index (χ2v) is 4.72. The molecule has 0 bridgehead atoms. The lowest BCUT2D eigenvalue weighted by Crippen LogP contribution is -2.60. The Morgan fingerprint density at radius 1 is 1.43 bits per heavy atom. The fourth-order valence-electron chi connectivity index (χ4n) is 2.19. The average Bonchev–Trinajstić information content (AvgIpc) is 2.43. The van der Waals surface area contributed by atoms with E-state index in [1.165, 1.54) is 25.1 Å². The van der Waals surface area contributed by atoms with Crippen LogP contribution in [0, 0.1) is 10.4 Å². The number of carbonyl (C=O) groups excluding carboxylic acids is 2. The van der Waals surface area contributed by atoms with Gasteiger partial charge in [0.15, 0.2) is 5.69 Å². The minimum atomic E-state index is -1.91. The molecule has 0 fully saturated rings. The third-order valence-corrected chi connectivity index (χ3v) is 3.34. The van der Waals surface area contributed by atoms with E-state index in [0.29, 0.717) is 5.06 Å². The highest BCUT2D eigenvalue weighted by molar-refractivity contribution is 6.31. The molecule has 1 unspecified atom stereocenters. The SMILES string of the molecule is CC1=C(C(N)=O)[N+]([O-])(C(=O)NN)c2ccc(Cl)cc2N1[O-]. The Morgan fingerprint density at radius 2 is 2.05 bits per heavy atom. The van der Waals surface area contributed by atoms with Crippen LogP contribution in [0.1, 0.15) is 6.92 Å². The van der Waals surface area contributed by atoms with Gasteiger partial charge in [0.25, 0.3) is 0 Å². The van der Waals surface area contributed by atoms with E-state index in [-0.39, 0.29) is 22.1 Å². The normalized spacial score (nSPS) is 21.1. The fourth-order valence-corrected chi connectivity index (χ4v) is 2.35. The molecule has 3 amide bonds. The summed E-state index contributed by atoms with van der Waals surface area (Å²) in [5, 5.41) is 25.7. The third-order valence-electron chi connectivity index (χ3n) is 3.10. The Bertz CT molecular complexity index is 677. The number of urea groups is 1. The number of benzene rings is 1. The highest BCUT2D eigenvalue weighted by Gasteiger charge is 2.45. The van der Waals surface area contributed by atoms with Crippen LogP contribution in [0.15, 0.2) is 29.6 Å². The number of anilines is 1. The summed E-state index contributed by atoms with van der Waals surface area (Å²) in [5.74, 6) is 3.81. The summed E-state index contributed by atoms with van der Waals surface area (Å²) in [5.41, 5.74) is 5.33. The monoisotopic (exact) mass is 312 g/mol. The second kappa shape index (κ2) is 4.98. The number of hydrogen-bond acceptors (Lipinski definition) is 6. The molecular weight excluding hydrogens is 302 g/mol. The molecule has 112 valence electrons. The maximum absolute atomic E-state index is 13.0. The van der Waals surface area contributed by atoms with Crippen LogP contribution < -0.4 is 26.7 Å². The number of quaternary nitrogens is 1. The molecule has 5 N–H and O–H groups in total. The largest absolute Gasteiger partial charge is 0.754 e. The molecule has 0 aromatic heterocycles. The Labute approximate surface area is 124 Å². The van der Waals surface area contributed by atoms with Crippen molar-refractivity contribution in [3.05, 3.63) is 45.0 Å². The molecule has 1 aliphatic heterocycles. The molecule has 1 aromatic carbocycles. The number of nitrogens with one attached hydrogen (secondary N) is 1. The fraction of sp³-hybridized carbons (Fsp3) is 0.0909. The van der Waals surface area contributed by atoms with Gasteiger partial charge in [-0.3, -0.25) is 4.79 Å². The lowest BCUT2D eigenvalue weighted by atomic mass is 10.1. The van der Waals surface area contributed by atoms with E-state index < -0.39 is 22.3 Å². The minimum absolute atomic E-state index is 0.163. The number of primary amides is 1. The first-order chi connectivity index (χ1) is 9.75. The van der Waals surface area contributed by atoms with E-state index in [4.69, 9.17) is 23.2 Å².